The molecule has 1 aromatic carbocycles. The molecule has 156 valence electrons. The summed E-state index contributed by atoms with van der Waals surface area (Å²) in [7, 11) is 0. The summed E-state index contributed by atoms with van der Waals surface area (Å²) < 4.78 is 5.73. The Hall–Kier alpha value is -2.43. The monoisotopic (exact) mass is 414 g/mol. The minimum Gasteiger partial charge on any atom is -0.504 e. The van der Waals surface area contributed by atoms with E-state index in [1.165, 1.54) is 11.3 Å². The number of thiazole rings is 1. The normalized spacial score (nSPS) is 11.0. The largest absolute Gasteiger partial charge is 0.504 e. The van der Waals surface area contributed by atoms with Crippen LogP contribution in [0.5, 0.6) is 5.75 Å². The van der Waals surface area contributed by atoms with Gasteiger partial charge in [0.05, 0.1) is 18.9 Å². The van der Waals surface area contributed by atoms with Crippen molar-refractivity contribution in [3.05, 3.63) is 40.2 Å². The number of benzene rings is 1. The number of carbonyl (C=O) groups is 1. The number of hydrogen-bond donors (Lipinski definition) is 1. The number of aromatic nitrogens is 1. The Bertz CT molecular complexity index is 866. The summed E-state index contributed by atoms with van der Waals surface area (Å²) in [6.45, 7) is 21.6. The van der Waals surface area contributed by atoms with Crippen molar-refractivity contribution in [3.8, 4) is 16.3 Å². The maximum Gasteiger partial charge on any atom is 0.263 e. The van der Waals surface area contributed by atoms with Crippen molar-refractivity contribution >= 4 is 22.9 Å². The van der Waals surface area contributed by atoms with E-state index in [1.807, 2.05) is 19.1 Å². The first-order valence-electron chi connectivity index (χ1n) is 10.0. The average molecular weight is 415 g/mol. The van der Waals surface area contributed by atoms with Crippen LogP contribution in [0.1, 0.15) is 43.1 Å². The highest BCUT2D eigenvalue weighted by Crippen LogP contribution is 2.35. The molecule has 0 radical (unpaired) electrons. The highest BCUT2D eigenvalue weighted by Gasteiger charge is 2.17. The van der Waals surface area contributed by atoms with Gasteiger partial charge in [-0.2, -0.15) is 0 Å². The van der Waals surface area contributed by atoms with Gasteiger partial charge in [0, 0.05) is 18.7 Å². The smallest absolute Gasteiger partial charge is 0.263 e. The minimum atomic E-state index is -0.0966. The second-order valence-corrected chi connectivity index (χ2v) is 8.21. The summed E-state index contributed by atoms with van der Waals surface area (Å²) in [6, 6.07) is 5.49. The fourth-order valence-electron chi connectivity index (χ4n) is 2.79. The van der Waals surface area contributed by atoms with E-state index in [4.69, 9.17) is 11.3 Å². The summed E-state index contributed by atoms with van der Waals surface area (Å²) in [5, 5.41) is 3.72. The minimum absolute atomic E-state index is 0.0966. The third-order valence-electron chi connectivity index (χ3n) is 4.51. The summed E-state index contributed by atoms with van der Waals surface area (Å²) in [4.78, 5) is 23.6. The molecule has 0 fully saturated rings. The van der Waals surface area contributed by atoms with Crippen LogP contribution in [0, 0.1) is 19.4 Å². The molecule has 0 spiro atoms. The fourth-order valence-corrected chi connectivity index (χ4v) is 3.77. The van der Waals surface area contributed by atoms with Crippen LogP contribution >= 0.6 is 11.3 Å². The van der Waals surface area contributed by atoms with Gasteiger partial charge >= 0.3 is 0 Å². The maximum absolute atomic E-state index is 12.6. The number of likely N-dealkylation sites (N-methyl/N-ethyl adjacent to an activating group) is 1. The van der Waals surface area contributed by atoms with Crippen LogP contribution < -0.4 is 10.1 Å². The van der Waals surface area contributed by atoms with Crippen LogP contribution in [0.25, 0.3) is 15.4 Å². The zero-order valence-electron chi connectivity index (χ0n) is 17.9. The van der Waals surface area contributed by atoms with Crippen LogP contribution in [0.15, 0.2) is 18.2 Å². The standard InChI is InChI=1S/C22H30N4O2S/c1-7-26(8-2)12-11-24-21(27)20-16(5)25-22(29-20)17-9-10-19(18(13-17)23-6)28-14-15(3)4/h9-10,13,15H,7-8,11-12,14H2,1-5H3,(H,24,27). The third-order valence-corrected chi connectivity index (χ3v) is 5.71. The average Bonchev–Trinajstić information content (AvgIpc) is 3.11. The Labute approximate surface area is 177 Å². The van der Waals surface area contributed by atoms with Gasteiger partial charge in [0.2, 0.25) is 5.69 Å². The van der Waals surface area contributed by atoms with Gasteiger partial charge in [-0.25, -0.2) is 9.83 Å². The summed E-state index contributed by atoms with van der Waals surface area (Å²) >= 11 is 1.35. The van der Waals surface area contributed by atoms with Crippen molar-refractivity contribution in [3.63, 3.8) is 0 Å². The molecule has 2 aromatic rings. The molecule has 1 amide bonds. The molecule has 1 aromatic heterocycles. The second-order valence-electron chi connectivity index (χ2n) is 7.22. The third kappa shape index (κ3) is 6.28. The van der Waals surface area contributed by atoms with Crippen LogP contribution in [0.2, 0.25) is 0 Å². The lowest BCUT2D eigenvalue weighted by molar-refractivity contribution is 0.0952. The van der Waals surface area contributed by atoms with Gasteiger partial charge in [-0.15, -0.1) is 11.3 Å². The highest BCUT2D eigenvalue weighted by atomic mass is 32.1. The van der Waals surface area contributed by atoms with Crippen molar-refractivity contribution in [1.29, 1.82) is 0 Å². The molecule has 0 saturated carbocycles. The van der Waals surface area contributed by atoms with Crippen LogP contribution in [-0.2, 0) is 0 Å². The maximum atomic E-state index is 12.6. The van der Waals surface area contributed by atoms with Crippen molar-refractivity contribution < 1.29 is 9.53 Å². The van der Waals surface area contributed by atoms with Crippen molar-refractivity contribution in [2.45, 2.75) is 34.6 Å². The van der Waals surface area contributed by atoms with E-state index in [0.717, 1.165) is 30.2 Å². The molecule has 0 aliphatic heterocycles. The van der Waals surface area contributed by atoms with Gasteiger partial charge < -0.3 is 15.0 Å². The first-order valence-corrected chi connectivity index (χ1v) is 10.8. The number of nitrogens with one attached hydrogen (secondary N) is 1. The molecule has 2 rings (SSSR count). The van der Waals surface area contributed by atoms with E-state index >= 15 is 0 Å². The molecule has 6 nitrogen and oxygen atoms in total. The number of aryl methyl sites for hydroxylation is 1. The van der Waals surface area contributed by atoms with Gasteiger partial charge in [0.1, 0.15) is 15.6 Å². The molecule has 1 N–H and O–H groups in total. The van der Waals surface area contributed by atoms with Crippen molar-refractivity contribution in [1.82, 2.24) is 15.2 Å². The van der Waals surface area contributed by atoms with Crippen molar-refractivity contribution in [2.75, 3.05) is 32.8 Å². The number of amides is 1. The molecule has 0 atom stereocenters. The first kappa shape index (κ1) is 22.9. The molecule has 7 heteroatoms. The van der Waals surface area contributed by atoms with Gasteiger partial charge in [0.15, 0.2) is 0 Å². The Morgan fingerprint density at radius 3 is 2.69 bits per heavy atom. The highest BCUT2D eigenvalue weighted by molar-refractivity contribution is 7.17. The van der Waals surface area contributed by atoms with E-state index in [-0.39, 0.29) is 5.91 Å². The number of nitrogens with zero attached hydrogens (tertiary/aromatic N) is 3. The zero-order chi connectivity index (χ0) is 21.4. The predicted octanol–water partition coefficient (Wildman–Crippen LogP) is 4.78. The summed E-state index contributed by atoms with van der Waals surface area (Å²) in [5.74, 6) is 0.874. The van der Waals surface area contributed by atoms with E-state index in [0.29, 0.717) is 41.1 Å². The number of carbonyl (C=O) groups excluding carboxylic acids is 1. The molecule has 0 aliphatic rings. The van der Waals surface area contributed by atoms with E-state index < -0.39 is 0 Å². The molecule has 1 heterocycles. The topological polar surface area (TPSA) is 58.8 Å². The zero-order valence-corrected chi connectivity index (χ0v) is 18.7. The van der Waals surface area contributed by atoms with Gasteiger partial charge in [0.25, 0.3) is 5.91 Å². The lowest BCUT2D eigenvalue weighted by Gasteiger charge is -2.17. The molecular formula is C22H30N4O2S. The Morgan fingerprint density at radius 1 is 1.34 bits per heavy atom. The van der Waals surface area contributed by atoms with Crippen molar-refractivity contribution in [2.24, 2.45) is 5.92 Å². The first-order chi connectivity index (χ1) is 13.9. The second kappa shape index (κ2) is 10.9. The quantitative estimate of drug-likeness (QED) is 0.569. The Balaban J connectivity index is 2.13. The fraction of sp³-hybridized carbons (Fsp3) is 0.500. The molecule has 0 saturated heterocycles. The molecule has 0 unspecified atom stereocenters. The van der Waals surface area contributed by atoms with E-state index in [1.54, 1.807) is 6.07 Å². The van der Waals surface area contributed by atoms with Gasteiger partial charge in [-0.1, -0.05) is 33.8 Å². The predicted molar refractivity (Wildman–Crippen MR) is 119 cm³/mol. The number of hydrogen-bond acceptors (Lipinski definition) is 5. The number of ether oxygens (including phenoxy) is 1. The van der Waals surface area contributed by atoms with E-state index in [2.05, 4.69) is 47.7 Å². The lowest BCUT2D eigenvalue weighted by Crippen LogP contribution is -2.34. The van der Waals surface area contributed by atoms with Gasteiger partial charge in [-0.05, 0) is 38.1 Å². The van der Waals surface area contributed by atoms with E-state index in [9.17, 15) is 4.79 Å². The Morgan fingerprint density at radius 2 is 2.07 bits per heavy atom. The SMILES string of the molecule is [C-]#[N+]c1cc(-c2nc(C)c(C(=O)NCCN(CC)CC)s2)ccc1OCC(C)C. The van der Waals surface area contributed by atoms with Gasteiger partial charge in [-0.3, -0.25) is 4.79 Å². The van der Waals surface area contributed by atoms with Crippen LogP contribution in [0.3, 0.4) is 0 Å². The van der Waals surface area contributed by atoms with Crippen LogP contribution in [-0.4, -0.2) is 48.6 Å². The summed E-state index contributed by atoms with van der Waals surface area (Å²) in [5.41, 5.74) is 1.99. The van der Waals surface area contributed by atoms with Crippen LogP contribution in [0.4, 0.5) is 5.69 Å². The molecular weight excluding hydrogens is 384 g/mol. The molecule has 29 heavy (non-hydrogen) atoms. The lowest BCUT2D eigenvalue weighted by atomic mass is 10.2. The Kier molecular flexibility index (Phi) is 8.62. The molecule has 0 aliphatic carbocycles. The summed E-state index contributed by atoms with van der Waals surface area (Å²) in [6.07, 6.45) is 0. The molecule has 0 bridgehead atoms. The number of rotatable bonds is 10.